The highest BCUT2D eigenvalue weighted by Gasteiger charge is 2.24. The molecule has 2 aromatic carbocycles. The van der Waals surface area contributed by atoms with Gasteiger partial charge in [0, 0.05) is 37.8 Å². The van der Waals surface area contributed by atoms with E-state index in [-0.39, 0.29) is 17.9 Å². The Balaban J connectivity index is 1.44. The van der Waals surface area contributed by atoms with E-state index in [0.717, 1.165) is 31.5 Å². The fourth-order valence-electron chi connectivity index (χ4n) is 3.57. The van der Waals surface area contributed by atoms with E-state index in [1.54, 1.807) is 0 Å². The van der Waals surface area contributed by atoms with Crippen molar-refractivity contribution in [1.82, 2.24) is 15.1 Å². The van der Waals surface area contributed by atoms with Gasteiger partial charge in [-0.25, -0.2) is 0 Å². The van der Waals surface area contributed by atoms with Crippen LogP contribution in [0.5, 0.6) is 0 Å². The molecule has 0 aliphatic carbocycles. The Morgan fingerprint density at radius 3 is 2.21 bits per heavy atom. The molecule has 28 heavy (non-hydrogen) atoms. The van der Waals surface area contributed by atoms with E-state index in [1.807, 2.05) is 60.4 Å². The number of nitrogens with one attached hydrogen (secondary N) is 1. The van der Waals surface area contributed by atoms with Gasteiger partial charge in [0.2, 0.25) is 5.91 Å². The maximum Gasteiger partial charge on any atom is 0.251 e. The summed E-state index contributed by atoms with van der Waals surface area (Å²) in [4.78, 5) is 29.1. The van der Waals surface area contributed by atoms with Crippen LogP contribution in [0.25, 0.3) is 0 Å². The molecule has 0 unspecified atom stereocenters. The highest BCUT2D eigenvalue weighted by atomic mass is 16.2. The summed E-state index contributed by atoms with van der Waals surface area (Å²) in [7, 11) is 0. The number of nitrogens with zero attached hydrogens (tertiary/aromatic N) is 2. The molecule has 1 aliphatic heterocycles. The van der Waals surface area contributed by atoms with E-state index in [2.05, 4.69) is 22.3 Å². The van der Waals surface area contributed by atoms with Crippen molar-refractivity contribution in [2.45, 2.75) is 32.4 Å². The van der Waals surface area contributed by atoms with Gasteiger partial charge in [-0.3, -0.25) is 14.5 Å². The number of amides is 2. The lowest BCUT2D eigenvalue weighted by molar-refractivity contribution is -0.133. The molecular weight excluding hydrogens is 350 g/mol. The Morgan fingerprint density at radius 2 is 1.61 bits per heavy atom. The molecule has 1 saturated heterocycles. The second-order valence-corrected chi connectivity index (χ2v) is 7.28. The van der Waals surface area contributed by atoms with Gasteiger partial charge in [-0.05, 0) is 37.5 Å². The van der Waals surface area contributed by atoms with Gasteiger partial charge in [0.25, 0.3) is 5.91 Å². The van der Waals surface area contributed by atoms with Gasteiger partial charge in [-0.2, -0.15) is 0 Å². The van der Waals surface area contributed by atoms with Gasteiger partial charge in [0.1, 0.15) is 0 Å². The topological polar surface area (TPSA) is 52.7 Å². The summed E-state index contributed by atoms with van der Waals surface area (Å²) in [5.74, 6) is 0.147. The van der Waals surface area contributed by atoms with Gasteiger partial charge < -0.3 is 10.2 Å². The third kappa shape index (κ3) is 5.67. The maximum atomic E-state index is 12.7. The minimum atomic E-state index is -0.0184. The van der Waals surface area contributed by atoms with Crippen LogP contribution in [-0.4, -0.2) is 53.8 Å². The molecule has 1 aliphatic rings. The van der Waals surface area contributed by atoms with Gasteiger partial charge in [0.05, 0.1) is 6.54 Å². The third-order valence-corrected chi connectivity index (χ3v) is 5.27. The minimum Gasteiger partial charge on any atom is -0.349 e. The van der Waals surface area contributed by atoms with Crippen molar-refractivity contribution in [2.24, 2.45) is 0 Å². The molecule has 1 N–H and O–H groups in total. The molecule has 0 aromatic heterocycles. The summed E-state index contributed by atoms with van der Waals surface area (Å²) in [6.07, 6.45) is 1.74. The first-order chi connectivity index (χ1) is 13.7. The Bertz CT molecular complexity index is 756. The summed E-state index contributed by atoms with van der Waals surface area (Å²) in [5, 5.41) is 3.11. The van der Waals surface area contributed by atoms with Crippen molar-refractivity contribution in [1.29, 1.82) is 0 Å². The van der Waals surface area contributed by atoms with E-state index in [1.165, 1.54) is 0 Å². The number of hydrogen-bond acceptors (Lipinski definition) is 3. The van der Waals surface area contributed by atoms with Crippen molar-refractivity contribution in [3.8, 4) is 0 Å². The first kappa shape index (κ1) is 20.1. The fraction of sp³-hybridized carbons (Fsp3) is 0.391. The van der Waals surface area contributed by atoms with E-state index in [0.29, 0.717) is 25.2 Å². The Morgan fingerprint density at radius 1 is 1.00 bits per heavy atom. The van der Waals surface area contributed by atoms with Crippen molar-refractivity contribution >= 4 is 11.8 Å². The fourth-order valence-corrected chi connectivity index (χ4v) is 3.57. The second kappa shape index (κ2) is 10.0. The molecule has 0 bridgehead atoms. The summed E-state index contributed by atoms with van der Waals surface area (Å²) >= 11 is 0. The Kier molecular flexibility index (Phi) is 7.20. The smallest absolute Gasteiger partial charge is 0.251 e. The lowest BCUT2D eigenvalue weighted by atomic mass is 10.0. The molecular formula is C23H29N3O2. The molecule has 148 valence electrons. The van der Waals surface area contributed by atoms with Gasteiger partial charge in [-0.15, -0.1) is 0 Å². The van der Waals surface area contributed by atoms with Crippen molar-refractivity contribution in [2.75, 3.05) is 26.2 Å². The number of rotatable bonds is 7. The quantitative estimate of drug-likeness (QED) is 0.805. The van der Waals surface area contributed by atoms with E-state index in [4.69, 9.17) is 0 Å². The number of likely N-dealkylation sites (N-methyl/N-ethyl adjacent to an activating group) is 1. The second-order valence-electron chi connectivity index (χ2n) is 7.28. The molecule has 1 fully saturated rings. The minimum absolute atomic E-state index is 0.0184. The predicted octanol–water partition coefficient (Wildman–Crippen LogP) is 2.93. The van der Waals surface area contributed by atoms with Crippen LogP contribution in [0.15, 0.2) is 60.7 Å². The molecule has 0 saturated carbocycles. The highest BCUT2D eigenvalue weighted by molar-refractivity contribution is 5.94. The zero-order valence-corrected chi connectivity index (χ0v) is 16.5. The van der Waals surface area contributed by atoms with E-state index < -0.39 is 0 Å². The van der Waals surface area contributed by atoms with Crippen LogP contribution < -0.4 is 5.32 Å². The molecule has 0 atom stereocenters. The maximum absolute atomic E-state index is 12.7. The number of benzene rings is 2. The number of hydrogen-bond donors (Lipinski definition) is 1. The average Bonchev–Trinajstić information content (AvgIpc) is 2.74. The normalized spacial score (nSPS) is 15.2. The molecule has 1 heterocycles. The number of piperidine rings is 1. The molecule has 2 aromatic rings. The van der Waals surface area contributed by atoms with E-state index in [9.17, 15) is 9.59 Å². The van der Waals surface area contributed by atoms with Crippen molar-refractivity contribution < 1.29 is 9.59 Å². The summed E-state index contributed by atoms with van der Waals surface area (Å²) < 4.78 is 0. The molecule has 2 amide bonds. The predicted molar refractivity (Wildman–Crippen MR) is 111 cm³/mol. The SMILES string of the molecule is CCN(Cc1ccccc1)C(=O)CN1CCC(NC(=O)c2ccccc2)CC1. The van der Waals surface area contributed by atoms with Crippen LogP contribution >= 0.6 is 0 Å². The standard InChI is InChI=1S/C23H29N3O2/c1-2-26(17-19-9-5-3-6-10-19)22(27)18-25-15-13-21(14-16-25)24-23(28)20-11-7-4-8-12-20/h3-12,21H,2,13-18H2,1H3,(H,24,28). The van der Waals surface area contributed by atoms with E-state index >= 15 is 0 Å². The molecule has 3 rings (SSSR count). The first-order valence-corrected chi connectivity index (χ1v) is 10.1. The lowest BCUT2D eigenvalue weighted by Crippen LogP contribution is -2.48. The summed E-state index contributed by atoms with van der Waals surface area (Å²) in [6.45, 7) is 5.48. The summed E-state index contributed by atoms with van der Waals surface area (Å²) in [6, 6.07) is 19.6. The number of likely N-dealkylation sites (tertiary alicyclic amines) is 1. The van der Waals surface area contributed by atoms with Crippen LogP contribution in [0.2, 0.25) is 0 Å². The summed E-state index contributed by atoms with van der Waals surface area (Å²) in [5.41, 5.74) is 1.85. The first-order valence-electron chi connectivity index (χ1n) is 10.1. The van der Waals surface area contributed by atoms with Crippen LogP contribution in [0.4, 0.5) is 0 Å². The molecule has 0 spiro atoms. The Hall–Kier alpha value is -2.66. The number of carbonyl (C=O) groups excluding carboxylic acids is 2. The van der Waals surface area contributed by atoms with Crippen LogP contribution in [0.3, 0.4) is 0 Å². The monoisotopic (exact) mass is 379 g/mol. The van der Waals surface area contributed by atoms with Crippen LogP contribution in [0.1, 0.15) is 35.7 Å². The molecule has 5 nitrogen and oxygen atoms in total. The van der Waals surface area contributed by atoms with Gasteiger partial charge >= 0.3 is 0 Å². The highest BCUT2D eigenvalue weighted by Crippen LogP contribution is 2.12. The lowest BCUT2D eigenvalue weighted by Gasteiger charge is -2.33. The largest absolute Gasteiger partial charge is 0.349 e. The van der Waals surface area contributed by atoms with Crippen LogP contribution in [-0.2, 0) is 11.3 Å². The molecule has 5 heteroatoms. The zero-order valence-electron chi connectivity index (χ0n) is 16.5. The molecule has 0 radical (unpaired) electrons. The third-order valence-electron chi connectivity index (χ3n) is 5.27. The van der Waals surface area contributed by atoms with Crippen molar-refractivity contribution in [3.05, 3.63) is 71.8 Å². The van der Waals surface area contributed by atoms with Crippen molar-refractivity contribution in [3.63, 3.8) is 0 Å². The number of carbonyl (C=O) groups is 2. The average molecular weight is 380 g/mol. The van der Waals surface area contributed by atoms with Gasteiger partial charge in [-0.1, -0.05) is 48.5 Å². The van der Waals surface area contributed by atoms with Gasteiger partial charge in [0.15, 0.2) is 0 Å². The zero-order chi connectivity index (χ0) is 19.8. The Labute approximate surface area is 167 Å². The van der Waals surface area contributed by atoms with Crippen LogP contribution in [0, 0.1) is 0 Å².